The third kappa shape index (κ3) is 6.50. The lowest BCUT2D eigenvalue weighted by molar-refractivity contribution is -0.165. The second-order valence-electron chi connectivity index (χ2n) is 12.9. The van der Waals surface area contributed by atoms with Gasteiger partial charge in [0, 0.05) is 17.0 Å². The smallest absolute Gasteiger partial charge is 0.408 e. The molecule has 1 aliphatic carbocycles. The van der Waals surface area contributed by atoms with Gasteiger partial charge < -0.3 is 48.3 Å². The molecule has 2 N–H and O–H groups in total. The molecule has 2 heterocycles. The summed E-state index contributed by atoms with van der Waals surface area (Å²) in [6.45, 7) is 5.06. The third-order valence-electron chi connectivity index (χ3n) is 8.75. The van der Waals surface area contributed by atoms with Gasteiger partial charge in [0.2, 0.25) is 12.5 Å². The van der Waals surface area contributed by atoms with Crippen LogP contribution in [0.25, 0.3) is 11.1 Å². The first kappa shape index (κ1) is 33.7. The molecule has 3 aromatic rings. The number of nitrogens with one attached hydrogen (secondary N) is 1. The van der Waals surface area contributed by atoms with Crippen LogP contribution >= 0.6 is 0 Å². The quantitative estimate of drug-likeness (QED) is 0.239. The Bertz CT molecular complexity index is 1730. The molecule has 1 saturated heterocycles. The Morgan fingerprint density at radius 2 is 1.65 bits per heavy atom. The highest BCUT2D eigenvalue weighted by atomic mass is 16.7. The molecule has 260 valence electrons. The van der Waals surface area contributed by atoms with Crippen molar-refractivity contribution in [3.63, 3.8) is 0 Å². The van der Waals surface area contributed by atoms with E-state index in [1.807, 2.05) is 0 Å². The van der Waals surface area contributed by atoms with Crippen molar-refractivity contribution in [1.82, 2.24) is 5.32 Å². The van der Waals surface area contributed by atoms with Gasteiger partial charge in [-0.15, -0.1) is 0 Å². The molecule has 2 aliphatic heterocycles. The zero-order chi connectivity index (χ0) is 35.0. The van der Waals surface area contributed by atoms with E-state index in [1.54, 1.807) is 69.3 Å². The predicted octanol–water partition coefficient (Wildman–Crippen LogP) is 4.66. The number of benzene rings is 3. The molecule has 13 nitrogen and oxygen atoms in total. The number of rotatable bonds is 9. The van der Waals surface area contributed by atoms with E-state index >= 15 is 0 Å². The molecule has 0 spiro atoms. The Kier molecular flexibility index (Phi) is 9.21. The second-order valence-corrected chi connectivity index (χ2v) is 12.9. The van der Waals surface area contributed by atoms with Crippen molar-refractivity contribution in [2.75, 3.05) is 34.7 Å². The van der Waals surface area contributed by atoms with Crippen molar-refractivity contribution in [2.24, 2.45) is 11.8 Å². The summed E-state index contributed by atoms with van der Waals surface area (Å²) >= 11 is 0. The number of carbonyl (C=O) groups excluding carboxylic acids is 3. The van der Waals surface area contributed by atoms with Crippen LogP contribution in [-0.2, 0) is 30.2 Å². The Morgan fingerprint density at radius 1 is 0.959 bits per heavy atom. The van der Waals surface area contributed by atoms with E-state index in [4.69, 9.17) is 37.9 Å². The van der Waals surface area contributed by atoms with Crippen LogP contribution in [0.15, 0.2) is 48.5 Å². The standard InChI is InChI=1S/C36H39NO12/c1-36(2,3)49-35(41)37-28(18-10-8-7-9-11-18)29(38)34(40)48-30-21-15-26-32(47-17-46-26)27(20(21)14-22-23(30)16-45-33(22)39)19-12-24(42-4)31(44-6)25(13-19)43-5/h7-13,15,22-23,28-30,38H,14,16-17H2,1-6H3,(H,37,41)/t22-,23+,28+,29-,30+/m1/s1. The maximum absolute atomic E-state index is 13.9. The number of cyclic esters (lactones) is 1. The largest absolute Gasteiger partial charge is 0.493 e. The number of hydrogen-bond donors (Lipinski definition) is 2. The normalized spacial score (nSPS) is 20.2. The molecule has 0 radical (unpaired) electrons. The third-order valence-corrected chi connectivity index (χ3v) is 8.75. The van der Waals surface area contributed by atoms with Gasteiger partial charge in [-0.3, -0.25) is 4.79 Å². The summed E-state index contributed by atoms with van der Waals surface area (Å²) in [5, 5.41) is 14.1. The van der Waals surface area contributed by atoms with Crippen LogP contribution in [0.3, 0.4) is 0 Å². The minimum atomic E-state index is -1.85. The molecule has 3 aliphatic rings. The van der Waals surface area contributed by atoms with E-state index in [0.29, 0.717) is 56.6 Å². The van der Waals surface area contributed by atoms with Crippen LogP contribution in [0.2, 0.25) is 0 Å². The van der Waals surface area contributed by atoms with Gasteiger partial charge in [0.25, 0.3) is 0 Å². The second kappa shape index (κ2) is 13.4. The van der Waals surface area contributed by atoms with Crippen LogP contribution in [0, 0.1) is 11.8 Å². The highest BCUT2D eigenvalue weighted by Crippen LogP contribution is 2.55. The number of amides is 1. The lowest BCUT2D eigenvalue weighted by atomic mass is 9.73. The number of aliphatic hydroxyl groups excluding tert-OH is 1. The van der Waals surface area contributed by atoms with Gasteiger partial charge in [-0.1, -0.05) is 30.3 Å². The Labute approximate surface area is 283 Å². The average molecular weight is 678 g/mol. The van der Waals surface area contributed by atoms with Crippen LogP contribution in [0.4, 0.5) is 4.79 Å². The molecular weight excluding hydrogens is 638 g/mol. The number of esters is 2. The predicted molar refractivity (Wildman–Crippen MR) is 173 cm³/mol. The molecule has 1 amide bonds. The zero-order valence-corrected chi connectivity index (χ0v) is 28.1. The van der Waals surface area contributed by atoms with Crippen molar-refractivity contribution in [3.05, 3.63) is 65.2 Å². The fourth-order valence-electron chi connectivity index (χ4n) is 6.59. The number of carbonyl (C=O) groups is 3. The van der Waals surface area contributed by atoms with E-state index in [0.717, 1.165) is 0 Å². The summed E-state index contributed by atoms with van der Waals surface area (Å²) in [5.74, 6) is -0.645. The Morgan fingerprint density at radius 3 is 2.29 bits per heavy atom. The first-order valence-corrected chi connectivity index (χ1v) is 15.8. The lowest BCUT2D eigenvalue weighted by Gasteiger charge is -2.35. The van der Waals surface area contributed by atoms with E-state index in [-0.39, 0.29) is 19.8 Å². The summed E-state index contributed by atoms with van der Waals surface area (Å²) in [6.07, 6.45) is -3.45. The number of fused-ring (bicyclic) bond motifs is 3. The molecule has 3 aromatic carbocycles. The van der Waals surface area contributed by atoms with Crippen molar-refractivity contribution in [1.29, 1.82) is 0 Å². The molecule has 0 saturated carbocycles. The van der Waals surface area contributed by atoms with Gasteiger partial charge in [-0.25, -0.2) is 9.59 Å². The molecule has 1 fully saturated rings. The fourth-order valence-corrected chi connectivity index (χ4v) is 6.59. The van der Waals surface area contributed by atoms with Crippen molar-refractivity contribution >= 4 is 18.0 Å². The monoisotopic (exact) mass is 677 g/mol. The van der Waals surface area contributed by atoms with Gasteiger partial charge in [0.1, 0.15) is 11.7 Å². The molecule has 5 atom stereocenters. The van der Waals surface area contributed by atoms with Gasteiger partial charge in [0.05, 0.1) is 39.9 Å². The van der Waals surface area contributed by atoms with E-state index < -0.39 is 53.7 Å². The van der Waals surface area contributed by atoms with Crippen molar-refractivity contribution in [2.45, 2.75) is 51.0 Å². The summed E-state index contributed by atoms with van der Waals surface area (Å²) in [4.78, 5) is 39.8. The van der Waals surface area contributed by atoms with Crippen LogP contribution in [0.5, 0.6) is 28.7 Å². The molecule has 0 bridgehead atoms. The van der Waals surface area contributed by atoms with Crippen LogP contribution < -0.4 is 29.0 Å². The number of alkyl carbamates (subject to hydrolysis) is 1. The lowest BCUT2D eigenvalue weighted by Crippen LogP contribution is -2.44. The highest BCUT2D eigenvalue weighted by Gasteiger charge is 2.50. The number of methoxy groups -OCH3 is 3. The summed E-state index contributed by atoms with van der Waals surface area (Å²) in [7, 11) is 4.52. The SMILES string of the molecule is COc1cc(-c2c3c(cc4c2OCO4)[C@H](OC(=O)[C@H](O)[C@@H](NC(=O)OC(C)(C)C)c2ccccc2)[C@H]2COC(=O)[C@@H]2C3)cc(OC)c1OC. The molecular formula is C36H39NO12. The fraction of sp³-hybridized carbons (Fsp3) is 0.417. The minimum absolute atomic E-state index is 0.00319. The number of aliphatic hydroxyl groups is 1. The van der Waals surface area contributed by atoms with Crippen molar-refractivity contribution in [3.8, 4) is 39.9 Å². The minimum Gasteiger partial charge on any atom is -0.493 e. The summed E-state index contributed by atoms with van der Waals surface area (Å²) < 4.78 is 45.6. The highest BCUT2D eigenvalue weighted by molar-refractivity contribution is 5.85. The average Bonchev–Trinajstić information content (AvgIpc) is 3.70. The van der Waals surface area contributed by atoms with E-state index in [2.05, 4.69) is 5.32 Å². The summed E-state index contributed by atoms with van der Waals surface area (Å²) in [5.41, 5.74) is 2.06. The molecule has 6 rings (SSSR count). The van der Waals surface area contributed by atoms with Gasteiger partial charge in [-0.05, 0) is 62.1 Å². The molecule has 0 aromatic heterocycles. The van der Waals surface area contributed by atoms with Gasteiger partial charge in [0.15, 0.2) is 29.1 Å². The Balaban J connectivity index is 1.42. The van der Waals surface area contributed by atoms with E-state index in [1.165, 1.54) is 21.3 Å². The Hall–Kier alpha value is -5.17. The molecule has 0 unspecified atom stereocenters. The topological polar surface area (TPSA) is 157 Å². The first-order valence-electron chi connectivity index (χ1n) is 15.8. The van der Waals surface area contributed by atoms with Crippen molar-refractivity contribution < 1.29 is 57.4 Å². The van der Waals surface area contributed by atoms with Crippen LogP contribution in [0.1, 0.15) is 49.6 Å². The summed E-state index contributed by atoms with van der Waals surface area (Å²) in [6, 6.07) is 12.6. The zero-order valence-electron chi connectivity index (χ0n) is 28.1. The van der Waals surface area contributed by atoms with Gasteiger partial charge in [-0.2, -0.15) is 0 Å². The maximum atomic E-state index is 13.9. The maximum Gasteiger partial charge on any atom is 0.408 e. The molecule has 49 heavy (non-hydrogen) atoms. The number of hydrogen-bond acceptors (Lipinski definition) is 12. The van der Waals surface area contributed by atoms with E-state index in [9.17, 15) is 19.5 Å². The van der Waals surface area contributed by atoms with Gasteiger partial charge >= 0.3 is 18.0 Å². The first-order chi connectivity index (χ1) is 23.4. The molecule has 13 heteroatoms. The number of ether oxygens (including phenoxy) is 8. The van der Waals surface area contributed by atoms with Crippen LogP contribution in [-0.4, -0.2) is 69.6 Å².